The van der Waals surface area contributed by atoms with E-state index in [-0.39, 0.29) is 5.75 Å². The van der Waals surface area contributed by atoms with Crippen molar-refractivity contribution in [3.63, 3.8) is 0 Å². The molecule has 0 aliphatic heterocycles. The summed E-state index contributed by atoms with van der Waals surface area (Å²) in [6.45, 7) is 0. The van der Waals surface area contributed by atoms with Crippen molar-refractivity contribution in [3.8, 4) is 16.9 Å². The molecule has 3 nitrogen and oxygen atoms in total. The van der Waals surface area contributed by atoms with Crippen molar-refractivity contribution in [2.75, 3.05) is 5.73 Å². The largest absolute Gasteiger partial charge is 0.506 e. The van der Waals surface area contributed by atoms with Crippen molar-refractivity contribution >= 4 is 16.6 Å². The Labute approximate surface area is 105 Å². The zero-order valence-electron chi connectivity index (χ0n) is 9.67. The van der Waals surface area contributed by atoms with Gasteiger partial charge in [0.05, 0.1) is 0 Å². The lowest BCUT2D eigenvalue weighted by molar-refractivity contribution is 0.480. The van der Waals surface area contributed by atoms with Crippen molar-refractivity contribution in [2.24, 2.45) is 0 Å². The van der Waals surface area contributed by atoms with Gasteiger partial charge in [0.15, 0.2) is 0 Å². The number of fused-ring (bicyclic) bond motifs is 1. The molecule has 0 aliphatic carbocycles. The van der Waals surface area contributed by atoms with E-state index in [0.29, 0.717) is 5.52 Å². The van der Waals surface area contributed by atoms with Crippen LogP contribution in [0, 0.1) is 0 Å². The highest BCUT2D eigenvalue weighted by atomic mass is 16.3. The van der Waals surface area contributed by atoms with Gasteiger partial charge in [-0.15, -0.1) is 0 Å². The van der Waals surface area contributed by atoms with E-state index in [1.54, 1.807) is 12.3 Å². The number of nitrogens with zero attached hydrogens (tertiary/aromatic N) is 1. The number of rotatable bonds is 1. The molecule has 3 N–H and O–H groups in total. The van der Waals surface area contributed by atoms with Gasteiger partial charge in [-0.2, -0.15) is 0 Å². The van der Waals surface area contributed by atoms with Crippen molar-refractivity contribution < 1.29 is 5.11 Å². The second kappa shape index (κ2) is 4.04. The third-order valence-corrected chi connectivity index (χ3v) is 2.97. The Morgan fingerprint density at radius 3 is 2.50 bits per heavy atom. The molecule has 0 amide bonds. The number of aromatic hydroxyl groups is 1. The molecule has 0 unspecified atom stereocenters. The van der Waals surface area contributed by atoms with Gasteiger partial charge in [-0.3, -0.25) is 4.98 Å². The molecule has 0 saturated heterocycles. The first-order valence-corrected chi connectivity index (χ1v) is 5.68. The minimum Gasteiger partial charge on any atom is -0.506 e. The first-order chi connectivity index (χ1) is 8.75. The van der Waals surface area contributed by atoms with Crippen LogP contribution in [0.2, 0.25) is 0 Å². The molecule has 88 valence electrons. The van der Waals surface area contributed by atoms with Crippen molar-refractivity contribution in [1.82, 2.24) is 4.98 Å². The number of phenols is 1. The molecule has 18 heavy (non-hydrogen) atoms. The van der Waals surface area contributed by atoms with Gasteiger partial charge in [-0.05, 0) is 41.5 Å². The molecule has 0 spiro atoms. The first-order valence-electron chi connectivity index (χ1n) is 5.68. The number of anilines is 1. The maximum absolute atomic E-state index is 9.80. The van der Waals surface area contributed by atoms with E-state index in [1.807, 2.05) is 42.5 Å². The van der Waals surface area contributed by atoms with Gasteiger partial charge in [-0.1, -0.05) is 18.2 Å². The first kappa shape index (κ1) is 10.6. The zero-order valence-corrected chi connectivity index (χ0v) is 9.67. The topological polar surface area (TPSA) is 59.1 Å². The van der Waals surface area contributed by atoms with Crippen LogP contribution in [0.3, 0.4) is 0 Å². The van der Waals surface area contributed by atoms with Gasteiger partial charge in [-0.25, -0.2) is 0 Å². The summed E-state index contributed by atoms with van der Waals surface area (Å²) in [5.74, 6) is 0.199. The number of nitrogen functional groups attached to an aromatic ring is 1. The van der Waals surface area contributed by atoms with E-state index < -0.39 is 0 Å². The van der Waals surface area contributed by atoms with Crippen molar-refractivity contribution in [2.45, 2.75) is 0 Å². The summed E-state index contributed by atoms with van der Waals surface area (Å²) in [6.07, 6.45) is 1.68. The summed E-state index contributed by atoms with van der Waals surface area (Å²) in [5, 5.41) is 10.7. The summed E-state index contributed by atoms with van der Waals surface area (Å²) in [6, 6.07) is 15.0. The van der Waals surface area contributed by atoms with Crippen LogP contribution in [0.1, 0.15) is 0 Å². The van der Waals surface area contributed by atoms with Crippen LogP contribution in [-0.2, 0) is 0 Å². The third kappa shape index (κ3) is 1.66. The van der Waals surface area contributed by atoms with Crippen LogP contribution in [-0.4, -0.2) is 10.1 Å². The van der Waals surface area contributed by atoms with Crippen LogP contribution in [0.4, 0.5) is 5.69 Å². The zero-order chi connectivity index (χ0) is 12.5. The molecule has 0 atom stereocenters. The van der Waals surface area contributed by atoms with Gasteiger partial charge in [0, 0.05) is 17.3 Å². The van der Waals surface area contributed by atoms with Gasteiger partial charge < -0.3 is 10.8 Å². The average molecular weight is 236 g/mol. The van der Waals surface area contributed by atoms with E-state index >= 15 is 0 Å². The minimum atomic E-state index is 0.199. The Morgan fingerprint density at radius 1 is 0.944 bits per heavy atom. The van der Waals surface area contributed by atoms with Crippen LogP contribution in [0.15, 0.2) is 54.7 Å². The monoisotopic (exact) mass is 236 g/mol. The van der Waals surface area contributed by atoms with E-state index in [9.17, 15) is 5.11 Å². The van der Waals surface area contributed by atoms with Gasteiger partial charge in [0.25, 0.3) is 0 Å². The number of hydrogen-bond donors (Lipinski definition) is 2. The molecule has 0 saturated carbocycles. The van der Waals surface area contributed by atoms with E-state index in [4.69, 9.17) is 5.73 Å². The average Bonchev–Trinajstić information content (AvgIpc) is 2.41. The fourth-order valence-corrected chi connectivity index (χ4v) is 2.07. The Kier molecular flexibility index (Phi) is 2.38. The predicted molar refractivity (Wildman–Crippen MR) is 73.3 cm³/mol. The molecule has 3 heteroatoms. The van der Waals surface area contributed by atoms with Crippen LogP contribution >= 0.6 is 0 Å². The lowest BCUT2D eigenvalue weighted by atomic mass is 10.00. The lowest BCUT2D eigenvalue weighted by Crippen LogP contribution is -1.86. The van der Waals surface area contributed by atoms with Gasteiger partial charge >= 0.3 is 0 Å². The van der Waals surface area contributed by atoms with E-state index in [0.717, 1.165) is 22.2 Å². The fraction of sp³-hybridized carbons (Fsp3) is 0. The summed E-state index contributed by atoms with van der Waals surface area (Å²) in [7, 11) is 0. The van der Waals surface area contributed by atoms with Crippen molar-refractivity contribution in [1.29, 1.82) is 0 Å². The molecule has 1 aromatic heterocycles. The van der Waals surface area contributed by atoms with E-state index in [1.165, 1.54) is 0 Å². The number of hydrogen-bond acceptors (Lipinski definition) is 3. The Bertz CT molecular complexity index is 705. The molecule has 0 bridgehead atoms. The molecule has 3 rings (SSSR count). The molecule has 0 radical (unpaired) electrons. The lowest BCUT2D eigenvalue weighted by Gasteiger charge is -2.07. The second-order valence-corrected chi connectivity index (χ2v) is 4.15. The quantitative estimate of drug-likeness (QED) is 0.638. The number of phenolic OH excluding ortho intramolecular Hbond substituents is 1. The Balaban J connectivity index is 2.30. The van der Waals surface area contributed by atoms with Gasteiger partial charge in [0.2, 0.25) is 0 Å². The van der Waals surface area contributed by atoms with Gasteiger partial charge in [0.1, 0.15) is 11.3 Å². The highest BCUT2D eigenvalue weighted by Gasteiger charge is 2.07. The highest BCUT2D eigenvalue weighted by molar-refractivity contribution is 5.97. The van der Waals surface area contributed by atoms with Crippen LogP contribution in [0.5, 0.6) is 5.75 Å². The summed E-state index contributed by atoms with van der Waals surface area (Å²) >= 11 is 0. The summed E-state index contributed by atoms with van der Waals surface area (Å²) < 4.78 is 0. The number of pyridine rings is 1. The summed E-state index contributed by atoms with van der Waals surface area (Å²) in [5.41, 5.74) is 9.14. The maximum atomic E-state index is 9.80. The minimum absolute atomic E-state index is 0.199. The molecule has 1 heterocycles. The highest BCUT2D eigenvalue weighted by Crippen LogP contribution is 2.32. The molecular formula is C15H12N2O. The normalized spacial score (nSPS) is 10.7. The molecular weight excluding hydrogens is 224 g/mol. The van der Waals surface area contributed by atoms with E-state index in [2.05, 4.69) is 4.98 Å². The molecule has 0 aliphatic rings. The van der Waals surface area contributed by atoms with Crippen LogP contribution in [0.25, 0.3) is 22.0 Å². The Morgan fingerprint density at radius 2 is 1.72 bits per heavy atom. The predicted octanol–water partition coefficient (Wildman–Crippen LogP) is 3.19. The Hall–Kier alpha value is -2.55. The van der Waals surface area contributed by atoms with Crippen molar-refractivity contribution in [3.05, 3.63) is 54.7 Å². The summed E-state index contributed by atoms with van der Waals surface area (Å²) in [4.78, 5) is 4.21. The van der Waals surface area contributed by atoms with Crippen LogP contribution < -0.4 is 5.73 Å². The number of aromatic nitrogens is 1. The SMILES string of the molecule is Nc1ccc(-c2ccc(O)c3ncccc23)cc1. The molecule has 3 aromatic rings. The molecule has 2 aromatic carbocycles. The number of benzene rings is 2. The molecule has 0 fully saturated rings. The fourth-order valence-electron chi connectivity index (χ4n) is 2.07. The standard InChI is InChI=1S/C15H12N2O/c16-11-5-3-10(4-6-11)12-7-8-14(18)15-13(12)2-1-9-17-15/h1-9,18H,16H2. The smallest absolute Gasteiger partial charge is 0.141 e. The maximum Gasteiger partial charge on any atom is 0.141 e. The third-order valence-electron chi connectivity index (χ3n) is 2.97. The number of nitrogens with two attached hydrogens (primary N) is 1. The second-order valence-electron chi connectivity index (χ2n) is 4.15.